The largest absolute Gasteiger partial charge is 0.309 e. The van der Waals surface area contributed by atoms with Crippen molar-refractivity contribution in [2.75, 3.05) is 6.54 Å². The van der Waals surface area contributed by atoms with Gasteiger partial charge in [0, 0.05) is 10.9 Å². The Kier molecular flexibility index (Phi) is 3.65. The predicted molar refractivity (Wildman–Crippen MR) is 69.9 cm³/mol. The maximum Gasteiger partial charge on any atom is 0.0900 e. The molecule has 0 saturated heterocycles. The number of hydrogen-bond acceptors (Lipinski definition) is 3. The molecule has 0 amide bonds. The third kappa shape index (κ3) is 2.83. The van der Waals surface area contributed by atoms with Crippen LogP contribution >= 0.6 is 11.3 Å². The molecule has 2 rings (SSSR count). The van der Waals surface area contributed by atoms with Gasteiger partial charge in [0.2, 0.25) is 0 Å². The fourth-order valence-corrected chi connectivity index (χ4v) is 3.19. The van der Waals surface area contributed by atoms with Crippen molar-refractivity contribution >= 4 is 11.3 Å². The van der Waals surface area contributed by atoms with Gasteiger partial charge in [0.05, 0.1) is 10.7 Å². The highest BCUT2D eigenvalue weighted by molar-refractivity contribution is 7.11. The van der Waals surface area contributed by atoms with Crippen LogP contribution in [0.4, 0.5) is 0 Å². The molecule has 0 radical (unpaired) electrons. The van der Waals surface area contributed by atoms with E-state index in [1.165, 1.54) is 28.4 Å². The third-order valence-corrected chi connectivity index (χ3v) is 4.76. The molecule has 1 aliphatic carbocycles. The smallest absolute Gasteiger partial charge is 0.0900 e. The lowest BCUT2D eigenvalue weighted by atomic mass is 10.1. The van der Waals surface area contributed by atoms with Crippen LogP contribution in [0.2, 0.25) is 0 Å². The van der Waals surface area contributed by atoms with Gasteiger partial charge in [-0.25, -0.2) is 4.98 Å². The lowest BCUT2D eigenvalue weighted by Crippen LogP contribution is -2.25. The summed E-state index contributed by atoms with van der Waals surface area (Å²) in [7, 11) is 0. The van der Waals surface area contributed by atoms with E-state index in [1.807, 2.05) is 11.3 Å². The summed E-state index contributed by atoms with van der Waals surface area (Å²) in [5, 5.41) is 4.82. The van der Waals surface area contributed by atoms with Gasteiger partial charge < -0.3 is 5.32 Å². The standard InChI is InChI=1S/C13H22N2S/c1-8(12-5-6-12)7-14-9(2)13-10(3)15-11(4)16-13/h8-9,12,14H,5-7H2,1-4H3. The normalized spacial score (nSPS) is 19.8. The number of thiazole rings is 1. The monoisotopic (exact) mass is 238 g/mol. The molecule has 1 aromatic heterocycles. The first-order valence-corrected chi connectivity index (χ1v) is 7.07. The van der Waals surface area contributed by atoms with Gasteiger partial charge in [0.25, 0.3) is 0 Å². The van der Waals surface area contributed by atoms with Crippen molar-refractivity contribution in [3.05, 3.63) is 15.6 Å². The molecule has 0 aromatic carbocycles. The Morgan fingerprint density at radius 2 is 2.06 bits per heavy atom. The van der Waals surface area contributed by atoms with Crippen molar-refractivity contribution < 1.29 is 0 Å². The van der Waals surface area contributed by atoms with Crippen LogP contribution in [0, 0.1) is 25.7 Å². The Bertz CT molecular complexity index is 355. The minimum absolute atomic E-state index is 0.451. The van der Waals surface area contributed by atoms with Gasteiger partial charge in [0.1, 0.15) is 0 Å². The Morgan fingerprint density at radius 1 is 1.38 bits per heavy atom. The first-order chi connectivity index (χ1) is 7.58. The zero-order valence-electron chi connectivity index (χ0n) is 10.7. The number of nitrogens with zero attached hydrogens (tertiary/aromatic N) is 1. The second-order valence-corrected chi connectivity index (χ2v) is 6.36. The second kappa shape index (κ2) is 4.84. The Labute approximate surface area is 102 Å². The highest BCUT2D eigenvalue weighted by Crippen LogP contribution is 2.36. The molecule has 2 nitrogen and oxygen atoms in total. The van der Waals surface area contributed by atoms with Crippen molar-refractivity contribution in [1.82, 2.24) is 10.3 Å². The molecular weight excluding hydrogens is 216 g/mol. The van der Waals surface area contributed by atoms with Gasteiger partial charge in [-0.3, -0.25) is 0 Å². The van der Waals surface area contributed by atoms with Gasteiger partial charge in [0.15, 0.2) is 0 Å². The van der Waals surface area contributed by atoms with Gasteiger partial charge in [-0.15, -0.1) is 11.3 Å². The van der Waals surface area contributed by atoms with E-state index < -0.39 is 0 Å². The van der Waals surface area contributed by atoms with Crippen molar-refractivity contribution in [3.8, 4) is 0 Å². The maximum atomic E-state index is 4.49. The number of aryl methyl sites for hydroxylation is 2. The third-order valence-electron chi connectivity index (χ3n) is 3.51. The van der Waals surface area contributed by atoms with Crippen molar-refractivity contribution in [3.63, 3.8) is 0 Å². The van der Waals surface area contributed by atoms with Crippen LogP contribution in [0.1, 0.15) is 48.3 Å². The van der Waals surface area contributed by atoms with E-state index in [2.05, 4.69) is 38.0 Å². The predicted octanol–water partition coefficient (Wildman–Crippen LogP) is 3.46. The Balaban J connectivity index is 1.87. The van der Waals surface area contributed by atoms with E-state index in [9.17, 15) is 0 Å². The van der Waals surface area contributed by atoms with Crippen molar-refractivity contribution in [2.24, 2.45) is 11.8 Å². The van der Waals surface area contributed by atoms with Gasteiger partial charge >= 0.3 is 0 Å². The Morgan fingerprint density at radius 3 is 2.56 bits per heavy atom. The molecule has 3 heteroatoms. The molecule has 0 spiro atoms. The minimum atomic E-state index is 0.451. The van der Waals surface area contributed by atoms with E-state index in [-0.39, 0.29) is 0 Å². The average Bonchev–Trinajstić information content (AvgIpc) is 3.01. The summed E-state index contributed by atoms with van der Waals surface area (Å²) >= 11 is 1.82. The summed E-state index contributed by atoms with van der Waals surface area (Å²) in [6.07, 6.45) is 2.88. The molecule has 1 aromatic rings. The van der Waals surface area contributed by atoms with E-state index in [0.717, 1.165) is 18.4 Å². The summed E-state index contributed by atoms with van der Waals surface area (Å²) in [5.41, 5.74) is 1.20. The van der Waals surface area contributed by atoms with E-state index in [4.69, 9.17) is 0 Å². The summed E-state index contributed by atoms with van der Waals surface area (Å²) in [6, 6.07) is 0.451. The molecule has 1 fully saturated rings. The maximum absolute atomic E-state index is 4.49. The van der Waals surface area contributed by atoms with Crippen LogP contribution in [0.3, 0.4) is 0 Å². The zero-order valence-corrected chi connectivity index (χ0v) is 11.5. The molecule has 0 bridgehead atoms. The first kappa shape index (κ1) is 12.1. The second-order valence-electron chi connectivity index (χ2n) is 5.13. The molecule has 16 heavy (non-hydrogen) atoms. The number of aromatic nitrogens is 1. The fraction of sp³-hybridized carbons (Fsp3) is 0.769. The molecule has 2 atom stereocenters. The van der Waals surface area contributed by atoms with Crippen molar-refractivity contribution in [2.45, 2.75) is 46.6 Å². The Hall–Kier alpha value is -0.410. The highest BCUT2D eigenvalue weighted by Gasteiger charge is 2.27. The summed E-state index contributed by atoms with van der Waals surface area (Å²) in [4.78, 5) is 5.89. The van der Waals surface area contributed by atoms with E-state index in [0.29, 0.717) is 6.04 Å². The minimum Gasteiger partial charge on any atom is -0.309 e. The average molecular weight is 238 g/mol. The first-order valence-electron chi connectivity index (χ1n) is 6.25. The molecule has 1 N–H and O–H groups in total. The topological polar surface area (TPSA) is 24.9 Å². The number of rotatable bonds is 5. The summed E-state index contributed by atoms with van der Waals surface area (Å²) in [5.74, 6) is 1.82. The van der Waals surface area contributed by atoms with Crippen LogP contribution in [-0.4, -0.2) is 11.5 Å². The zero-order chi connectivity index (χ0) is 11.7. The SMILES string of the molecule is Cc1nc(C)c(C(C)NCC(C)C2CC2)s1. The number of nitrogens with one attached hydrogen (secondary N) is 1. The van der Waals surface area contributed by atoms with E-state index in [1.54, 1.807) is 0 Å². The highest BCUT2D eigenvalue weighted by atomic mass is 32.1. The summed E-state index contributed by atoms with van der Waals surface area (Å²) in [6.45, 7) is 9.95. The molecule has 90 valence electrons. The molecule has 1 aliphatic rings. The van der Waals surface area contributed by atoms with Crippen LogP contribution in [0.15, 0.2) is 0 Å². The van der Waals surface area contributed by atoms with Gasteiger partial charge in [-0.2, -0.15) is 0 Å². The lowest BCUT2D eigenvalue weighted by Gasteiger charge is -2.16. The molecular formula is C13H22N2S. The van der Waals surface area contributed by atoms with Crippen LogP contribution in [0.5, 0.6) is 0 Å². The van der Waals surface area contributed by atoms with E-state index >= 15 is 0 Å². The lowest BCUT2D eigenvalue weighted by molar-refractivity contribution is 0.433. The van der Waals surface area contributed by atoms with Crippen molar-refractivity contribution in [1.29, 1.82) is 0 Å². The molecule has 2 unspecified atom stereocenters. The molecule has 1 heterocycles. The quantitative estimate of drug-likeness (QED) is 0.850. The van der Waals surface area contributed by atoms with Gasteiger partial charge in [-0.05, 0) is 52.0 Å². The number of hydrogen-bond donors (Lipinski definition) is 1. The van der Waals surface area contributed by atoms with Crippen LogP contribution in [0.25, 0.3) is 0 Å². The molecule has 1 saturated carbocycles. The molecule has 0 aliphatic heterocycles. The fourth-order valence-electron chi connectivity index (χ4n) is 2.24. The van der Waals surface area contributed by atoms with Gasteiger partial charge in [-0.1, -0.05) is 6.92 Å². The summed E-state index contributed by atoms with van der Waals surface area (Å²) < 4.78 is 0. The van der Waals surface area contributed by atoms with Crippen LogP contribution < -0.4 is 5.32 Å². The van der Waals surface area contributed by atoms with Crippen LogP contribution in [-0.2, 0) is 0 Å².